The second kappa shape index (κ2) is 4.29. The van der Waals surface area contributed by atoms with E-state index in [9.17, 15) is 4.79 Å². The normalized spacial score (nSPS) is 10.4. The van der Waals surface area contributed by atoms with Crippen molar-refractivity contribution in [3.8, 4) is 5.69 Å². The molecular weight excluding hydrogens is 218 g/mol. The molecule has 5 nitrogen and oxygen atoms in total. The summed E-state index contributed by atoms with van der Waals surface area (Å²) < 4.78 is 1.46. The van der Waals surface area contributed by atoms with Crippen LogP contribution in [-0.2, 0) is 6.42 Å². The van der Waals surface area contributed by atoms with Crippen LogP contribution in [-0.4, -0.2) is 20.9 Å². The minimum atomic E-state index is -1.08. The number of benzene rings is 1. The van der Waals surface area contributed by atoms with Crippen LogP contribution in [0.3, 0.4) is 0 Å². The Hall–Kier alpha value is -2.30. The fraction of sp³-hybridized carbons (Fsp3) is 0.167. The SMILES string of the molecule is CCc1ccccc1-n1nc(C(=O)O)cc1N. The molecule has 17 heavy (non-hydrogen) atoms. The number of hydrogen-bond donors (Lipinski definition) is 2. The Bertz CT molecular complexity index is 561. The van der Waals surface area contributed by atoms with Gasteiger partial charge in [0.15, 0.2) is 5.69 Å². The molecule has 5 heteroatoms. The molecule has 1 aromatic heterocycles. The van der Waals surface area contributed by atoms with Crippen LogP contribution in [0.2, 0.25) is 0 Å². The third-order valence-corrected chi connectivity index (χ3v) is 2.56. The number of para-hydroxylation sites is 1. The second-order valence-corrected chi connectivity index (χ2v) is 3.65. The summed E-state index contributed by atoms with van der Waals surface area (Å²) in [6, 6.07) is 9.00. The molecule has 2 aromatic rings. The lowest BCUT2D eigenvalue weighted by Crippen LogP contribution is -2.06. The van der Waals surface area contributed by atoms with E-state index < -0.39 is 5.97 Å². The predicted octanol–water partition coefficient (Wildman–Crippen LogP) is 1.72. The Morgan fingerprint density at radius 1 is 1.47 bits per heavy atom. The number of carboxylic acid groups (broad SMARTS) is 1. The van der Waals surface area contributed by atoms with Gasteiger partial charge in [0.05, 0.1) is 5.69 Å². The summed E-state index contributed by atoms with van der Waals surface area (Å²) in [5.41, 5.74) is 7.61. The van der Waals surface area contributed by atoms with E-state index in [1.165, 1.54) is 10.7 Å². The number of nitrogens with two attached hydrogens (primary N) is 1. The first-order valence-electron chi connectivity index (χ1n) is 5.30. The Labute approximate surface area is 98.5 Å². The number of rotatable bonds is 3. The van der Waals surface area contributed by atoms with E-state index >= 15 is 0 Å². The summed E-state index contributed by atoms with van der Waals surface area (Å²) in [5, 5.41) is 12.8. The van der Waals surface area contributed by atoms with Crippen LogP contribution < -0.4 is 5.73 Å². The lowest BCUT2D eigenvalue weighted by Gasteiger charge is -2.08. The molecule has 1 aromatic carbocycles. The largest absolute Gasteiger partial charge is 0.476 e. The molecule has 0 radical (unpaired) electrons. The van der Waals surface area contributed by atoms with Crippen molar-refractivity contribution in [2.24, 2.45) is 0 Å². The van der Waals surface area contributed by atoms with E-state index in [4.69, 9.17) is 10.8 Å². The van der Waals surface area contributed by atoms with Crippen molar-refractivity contribution in [2.45, 2.75) is 13.3 Å². The second-order valence-electron chi connectivity index (χ2n) is 3.65. The van der Waals surface area contributed by atoms with Crippen LogP contribution in [0.4, 0.5) is 5.82 Å². The monoisotopic (exact) mass is 231 g/mol. The number of aromatic nitrogens is 2. The van der Waals surface area contributed by atoms with Gasteiger partial charge < -0.3 is 10.8 Å². The van der Waals surface area contributed by atoms with E-state index in [-0.39, 0.29) is 5.69 Å². The molecule has 1 heterocycles. The van der Waals surface area contributed by atoms with Gasteiger partial charge in [-0.1, -0.05) is 25.1 Å². The van der Waals surface area contributed by atoms with Crippen molar-refractivity contribution in [3.63, 3.8) is 0 Å². The zero-order chi connectivity index (χ0) is 12.4. The van der Waals surface area contributed by atoms with Crippen molar-refractivity contribution in [2.75, 3.05) is 5.73 Å². The van der Waals surface area contributed by atoms with Gasteiger partial charge in [-0.15, -0.1) is 0 Å². The fourth-order valence-electron chi connectivity index (χ4n) is 1.71. The Kier molecular flexibility index (Phi) is 2.82. The van der Waals surface area contributed by atoms with Gasteiger partial charge in [-0.25, -0.2) is 9.48 Å². The molecule has 88 valence electrons. The highest BCUT2D eigenvalue weighted by Gasteiger charge is 2.13. The highest BCUT2D eigenvalue weighted by molar-refractivity contribution is 5.86. The van der Waals surface area contributed by atoms with Gasteiger partial charge in [0.2, 0.25) is 0 Å². The van der Waals surface area contributed by atoms with Gasteiger partial charge in [0.1, 0.15) is 5.82 Å². The molecule has 0 fully saturated rings. The van der Waals surface area contributed by atoms with Gasteiger partial charge in [-0.2, -0.15) is 5.10 Å². The quantitative estimate of drug-likeness (QED) is 0.842. The molecule has 0 saturated heterocycles. The van der Waals surface area contributed by atoms with Gasteiger partial charge in [0, 0.05) is 6.07 Å². The maximum Gasteiger partial charge on any atom is 0.356 e. The highest BCUT2D eigenvalue weighted by Crippen LogP contribution is 2.19. The molecule has 0 amide bonds. The Morgan fingerprint density at radius 3 is 2.76 bits per heavy atom. The molecule has 2 rings (SSSR count). The molecule has 0 saturated carbocycles. The van der Waals surface area contributed by atoms with Gasteiger partial charge in [-0.3, -0.25) is 0 Å². The number of carboxylic acids is 1. The third kappa shape index (κ3) is 1.99. The average Bonchev–Trinajstić information content (AvgIpc) is 2.71. The first-order chi connectivity index (χ1) is 8.13. The van der Waals surface area contributed by atoms with Crippen LogP contribution in [0.15, 0.2) is 30.3 Å². The first kappa shape index (κ1) is 11.2. The third-order valence-electron chi connectivity index (χ3n) is 2.56. The van der Waals surface area contributed by atoms with Crippen molar-refractivity contribution < 1.29 is 9.90 Å². The van der Waals surface area contributed by atoms with E-state index in [0.29, 0.717) is 5.82 Å². The lowest BCUT2D eigenvalue weighted by atomic mass is 10.1. The fourth-order valence-corrected chi connectivity index (χ4v) is 1.71. The van der Waals surface area contributed by atoms with Crippen molar-refractivity contribution in [3.05, 3.63) is 41.6 Å². The van der Waals surface area contributed by atoms with E-state index in [0.717, 1.165) is 17.7 Å². The maximum absolute atomic E-state index is 10.8. The average molecular weight is 231 g/mol. The number of aryl methyl sites for hydroxylation is 1. The zero-order valence-corrected chi connectivity index (χ0v) is 9.42. The van der Waals surface area contributed by atoms with Gasteiger partial charge in [0.25, 0.3) is 0 Å². The summed E-state index contributed by atoms with van der Waals surface area (Å²) in [5.74, 6) is -0.757. The zero-order valence-electron chi connectivity index (χ0n) is 9.42. The molecule has 0 atom stereocenters. The molecule has 3 N–H and O–H groups in total. The smallest absolute Gasteiger partial charge is 0.356 e. The van der Waals surface area contributed by atoms with Crippen molar-refractivity contribution >= 4 is 11.8 Å². The van der Waals surface area contributed by atoms with Crippen LogP contribution >= 0.6 is 0 Å². The van der Waals surface area contributed by atoms with Crippen LogP contribution in [0, 0.1) is 0 Å². The number of nitrogens with zero attached hydrogens (tertiary/aromatic N) is 2. The molecule has 0 aliphatic rings. The minimum Gasteiger partial charge on any atom is -0.476 e. The van der Waals surface area contributed by atoms with Crippen molar-refractivity contribution in [1.29, 1.82) is 0 Å². The number of carbonyl (C=O) groups is 1. The summed E-state index contributed by atoms with van der Waals surface area (Å²) >= 11 is 0. The number of aromatic carboxylic acids is 1. The van der Waals surface area contributed by atoms with Gasteiger partial charge in [-0.05, 0) is 18.1 Å². The first-order valence-corrected chi connectivity index (χ1v) is 5.30. The number of nitrogen functional groups attached to an aromatic ring is 1. The molecule has 0 unspecified atom stereocenters. The lowest BCUT2D eigenvalue weighted by molar-refractivity contribution is 0.0690. The van der Waals surface area contributed by atoms with E-state index in [1.807, 2.05) is 31.2 Å². The molecule has 0 bridgehead atoms. The van der Waals surface area contributed by atoms with Crippen molar-refractivity contribution in [1.82, 2.24) is 9.78 Å². The minimum absolute atomic E-state index is 0.0478. The summed E-state index contributed by atoms with van der Waals surface area (Å²) in [6.07, 6.45) is 0.831. The van der Waals surface area contributed by atoms with Crippen LogP contribution in [0.1, 0.15) is 23.0 Å². The molecule has 0 aliphatic heterocycles. The van der Waals surface area contributed by atoms with E-state index in [1.54, 1.807) is 0 Å². The van der Waals surface area contributed by atoms with Crippen LogP contribution in [0.25, 0.3) is 5.69 Å². The standard InChI is InChI=1S/C12H13N3O2/c1-2-8-5-3-4-6-10(8)15-11(13)7-9(14-15)12(16)17/h3-7H,2,13H2,1H3,(H,16,17). The van der Waals surface area contributed by atoms with Gasteiger partial charge >= 0.3 is 5.97 Å². The summed E-state index contributed by atoms with van der Waals surface area (Å²) in [6.45, 7) is 2.02. The Balaban J connectivity index is 2.56. The van der Waals surface area contributed by atoms with E-state index in [2.05, 4.69) is 5.10 Å². The topological polar surface area (TPSA) is 81.1 Å². The maximum atomic E-state index is 10.8. The molecule has 0 aliphatic carbocycles. The van der Waals surface area contributed by atoms with Crippen LogP contribution in [0.5, 0.6) is 0 Å². The highest BCUT2D eigenvalue weighted by atomic mass is 16.4. The number of anilines is 1. The predicted molar refractivity (Wildman–Crippen MR) is 64.3 cm³/mol. The Morgan fingerprint density at radius 2 is 2.18 bits per heavy atom. The summed E-state index contributed by atoms with van der Waals surface area (Å²) in [7, 11) is 0. The molecule has 0 spiro atoms. The molecular formula is C12H13N3O2. The summed E-state index contributed by atoms with van der Waals surface area (Å²) in [4.78, 5) is 10.8. The number of hydrogen-bond acceptors (Lipinski definition) is 3.